The maximum absolute atomic E-state index is 12.6. The third-order valence-electron chi connectivity index (χ3n) is 3.38. The zero-order valence-electron chi connectivity index (χ0n) is 13.8. The summed E-state index contributed by atoms with van der Waals surface area (Å²) in [7, 11) is 0. The highest BCUT2D eigenvalue weighted by Gasteiger charge is 2.32. The van der Waals surface area contributed by atoms with Gasteiger partial charge in [-0.3, -0.25) is 0 Å². The molecule has 130 valence electrons. The van der Waals surface area contributed by atoms with Gasteiger partial charge >= 0.3 is 12.3 Å². The molecule has 0 radical (unpaired) electrons. The molecule has 0 saturated carbocycles. The number of rotatable bonds is 4. The Bertz CT molecular complexity index is 536. The standard InChI is InChI=1S/C16H23F3N2O2/c1-14(2,3)23-13(22)21-10-15(4,9-20)11-5-7-12(8-6-11)16(17,18)19/h5-8H,9-10,20H2,1-4H3,(H,21,22). The Balaban J connectivity index is 2.83. The fraction of sp³-hybridized carbons (Fsp3) is 0.562. The van der Waals surface area contributed by atoms with Gasteiger partial charge in [0.2, 0.25) is 0 Å². The molecule has 0 spiro atoms. The summed E-state index contributed by atoms with van der Waals surface area (Å²) < 4.78 is 43.0. The molecule has 0 aliphatic heterocycles. The number of ether oxygens (including phenoxy) is 1. The Morgan fingerprint density at radius 1 is 1.09 bits per heavy atom. The van der Waals surface area contributed by atoms with Gasteiger partial charge in [0.1, 0.15) is 5.60 Å². The van der Waals surface area contributed by atoms with Crippen LogP contribution >= 0.6 is 0 Å². The summed E-state index contributed by atoms with van der Waals surface area (Å²) in [6, 6.07) is 4.78. The number of hydrogen-bond acceptors (Lipinski definition) is 3. The molecule has 0 heterocycles. The van der Waals surface area contributed by atoms with Crippen LogP contribution in [0.25, 0.3) is 0 Å². The van der Waals surface area contributed by atoms with Crippen molar-refractivity contribution in [2.24, 2.45) is 5.73 Å². The average molecular weight is 332 g/mol. The number of carbonyl (C=O) groups is 1. The molecule has 1 rings (SSSR count). The molecule has 0 fully saturated rings. The van der Waals surface area contributed by atoms with Crippen LogP contribution in [0.1, 0.15) is 38.8 Å². The normalized spacial score (nSPS) is 15.0. The third-order valence-corrected chi connectivity index (χ3v) is 3.38. The lowest BCUT2D eigenvalue weighted by molar-refractivity contribution is -0.137. The number of amides is 1. The van der Waals surface area contributed by atoms with E-state index in [0.717, 1.165) is 12.1 Å². The Kier molecular flexibility index (Phi) is 5.69. The highest BCUT2D eigenvalue weighted by Crippen LogP contribution is 2.31. The molecule has 7 heteroatoms. The molecule has 1 amide bonds. The maximum atomic E-state index is 12.6. The van der Waals surface area contributed by atoms with Crippen LogP contribution in [0.2, 0.25) is 0 Å². The number of hydrogen-bond donors (Lipinski definition) is 2. The lowest BCUT2D eigenvalue weighted by Crippen LogP contribution is -2.45. The minimum atomic E-state index is -4.38. The summed E-state index contributed by atoms with van der Waals surface area (Å²) in [6.07, 6.45) is -4.98. The van der Waals surface area contributed by atoms with Crippen LogP contribution in [-0.2, 0) is 16.3 Å². The highest BCUT2D eigenvalue weighted by molar-refractivity contribution is 5.67. The van der Waals surface area contributed by atoms with Crippen LogP contribution in [0.4, 0.5) is 18.0 Å². The third kappa shape index (κ3) is 5.74. The Labute approximate surface area is 134 Å². The number of halogens is 3. The lowest BCUT2D eigenvalue weighted by Gasteiger charge is -2.30. The number of alkyl halides is 3. The van der Waals surface area contributed by atoms with E-state index in [1.54, 1.807) is 27.7 Å². The van der Waals surface area contributed by atoms with Gasteiger partial charge < -0.3 is 15.8 Å². The number of nitrogens with one attached hydrogen (secondary N) is 1. The molecular formula is C16H23F3N2O2. The molecule has 1 aromatic carbocycles. The van der Waals surface area contributed by atoms with Crippen molar-refractivity contribution in [3.8, 4) is 0 Å². The van der Waals surface area contributed by atoms with Gasteiger partial charge in [-0.1, -0.05) is 19.1 Å². The van der Waals surface area contributed by atoms with Crippen molar-refractivity contribution < 1.29 is 22.7 Å². The highest BCUT2D eigenvalue weighted by atomic mass is 19.4. The van der Waals surface area contributed by atoms with Crippen LogP contribution in [0.3, 0.4) is 0 Å². The van der Waals surface area contributed by atoms with Crippen molar-refractivity contribution >= 4 is 6.09 Å². The summed E-state index contributed by atoms with van der Waals surface area (Å²) in [6.45, 7) is 7.31. The van der Waals surface area contributed by atoms with Crippen LogP contribution in [0.5, 0.6) is 0 Å². The number of alkyl carbamates (subject to hydrolysis) is 1. The Morgan fingerprint density at radius 2 is 1.57 bits per heavy atom. The molecule has 0 aliphatic rings. The molecule has 0 saturated heterocycles. The van der Waals surface area contributed by atoms with E-state index in [-0.39, 0.29) is 13.1 Å². The molecule has 1 unspecified atom stereocenters. The van der Waals surface area contributed by atoms with Gasteiger partial charge in [-0.05, 0) is 38.5 Å². The quantitative estimate of drug-likeness (QED) is 0.888. The Morgan fingerprint density at radius 3 is 1.96 bits per heavy atom. The molecule has 0 aromatic heterocycles. The molecule has 1 aromatic rings. The van der Waals surface area contributed by atoms with Gasteiger partial charge in [0, 0.05) is 18.5 Å². The summed E-state index contributed by atoms with van der Waals surface area (Å²) in [5, 5.41) is 2.61. The molecular weight excluding hydrogens is 309 g/mol. The largest absolute Gasteiger partial charge is 0.444 e. The summed E-state index contributed by atoms with van der Waals surface area (Å²) in [4.78, 5) is 11.7. The smallest absolute Gasteiger partial charge is 0.416 e. The van der Waals surface area contributed by atoms with E-state index in [1.165, 1.54) is 12.1 Å². The SMILES string of the molecule is CC(C)(C)OC(=O)NCC(C)(CN)c1ccc(C(F)(F)F)cc1. The second kappa shape index (κ2) is 6.78. The second-order valence-corrected chi connectivity index (χ2v) is 6.70. The van der Waals surface area contributed by atoms with Crippen LogP contribution < -0.4 is 11.1 Å². The molecule has 3 N–H and O–H groups in total. The number of benzene rings is 1. The predicted molar refractivity (Wildman–Crippen MR) is 82.1 cm³/mol. The first kappa shape index (κ1) is 19.3. The van der Waals surface area contributed by atoms with Crippen molar-refractivity contribution in [3.05, 3.63) is 35.4 Å². The number of carbonyl (C=O) groups excluding carboxylic acids is 1. The van der Waals surface area contributed by atoms with E-state index < -0.39 is 28.8 Å². The van der Waals surface area contributed by atoms with Crippen LogP contribution in [-0.4, -0.2) is 24.8 Å². The molecule has 23 heavy (non-hydrogen) atoms. The molecule has 0 bridgehead atoms. The molecule has 0 aliphatic carbocycles. The zero-order valence-corrected chi connectivity index (χ0v) is 13.8. The van der Waals surface area contributed by atoms with Crippen molar-refractivity contribution in [3.63, 3.8) is 0 Å². The first-order valence-corrected chi connectivity index (χ1v) is 7.22. The Hall–Kier alpha value is -1.76. The average Bonchev–Trinajstić information content (AvgIpc) is 2.42. The predicted octanol–water partition coefficient (Wildman–Crippen LogP) is 3.45. The van der Waals surface area contributed by atoms with Gasteiger partial charge in [0.05, 0.1) is 5.56 Å². The van der Waals surface area contributed by atoms with Gasteiger partial charge in [-0.15, -0.1) is 0 Å². The maximum Gasteiger partial charge on any atom is 0.416 e. The van der Waals surface area contributed by atoms with Crippen LogP contribution in [0, 0.1) is 0 Å². The topological polar surface area (TPSA) is 64.3 Å². The van der Waals surface area contributed by atoms with Crippen LogP contribution in [0.15, 0.2) is 24.3 Å². The second-order valence-electron chi connectivity index (χ2n) is 6.70. The van der Waals surface area contributed by atoms with Crippen molar-refractivity contribution in [1.82, 2.24) is 5.32 Å². The summed E-state index contributed by atoms with van der Waals surface area (Å²) >= 11 is 0. The first-order valence-electron chi connectivity index (χ1n) is 7.22. The van der Waals surface area contributed by atoms with E-state index in [9.17, 15) is 18.0 Å². The van der Waals surface area contributed by atoms with Crippen molar-refractivity contribution in [1.29, 1.82) is 0 Å². The minimum absolute atomic E-state index is 0.157. The monoisotopic (exact) mass is 332 g/mol. The van der Waals surface area contributed by atoms with E-state index in [1.807, 2.05) is 0 Å². The summed E-state index contributed by atoms with van der Waals surface area (Å²) in [5.41, 5.74) is 4.33. The van der Waals surface area contributed by atoms with Crippen molar-refractivity contribution in [2.45, 2.75) is 44.9 Å². The van der Waals surface area contributed by atoms with Crippen molar-refractivity contribution in [2.75, 3.05) is 13.1 Å². The molecule has 4 nitrogen and oxygen atoms in total. The number of nitrogens with two attached hydrogens (primary N) is 1. The minimum Gasteiger partial charge on any atom is -0.444 e. The van der Waals surface area contributed by atoms with Gasteiger partial charge in [0.25, 0.3) is 0 Å². The lowest BCUT2D eigenvalue weighted by atomic mass is 9.82. The fourth-order valence-corrected chi connectivity index (χ4v) is 1.94. The van der Waals surface area contributed by atoms with E-state index in [0.29, 0.717) is 5.56 Å². The van der Waals surface area contributed by atoms with Gasteiger partial charge in [0.15, 0.2) is 0 Å². The molecule has 1 atom stereocenters. The van der Waals surface area contributed by atoms with Gasteiger partial charge in [-0.2, -0.15) is 13.2 Å². The van der Waals surface area contributed by atoms with E-state index in [2.05, 4.69) is 5.32 Å². The van der Waals surface area contributed by atoms with E-state index in [4.69, 9.17) is 10.5 Å². The fourth-order valence-electron chi connectivity index (χ4n) is 1.94. The van der Waals surface area contributed by atoms with Gasteiger partial charge in [-0.25, -0.2) is 4.79 Å². The first-order chi connectivity index (χ1) is 10.4. The van der Waals surface area contributed by atoms with E-state index >= 15 is 0 Å². The summed E-state index contributed by atoms with van der Waals surface area (Å²) in [5.74, 6) is 0. The zero-order chi connectivity index (χ0) is 17.9.